The van der Waals surface area contributed by atoms with Crippen LogP contribution >= 0.6 is 0 Å². The fourth-order valence-electron chi connectivity index (χ4n) is 6.93. The first-order valence-electron chi connectivity index (χ1n) is 13.8. The van der Waals surface area contributed by atoms with Gasteiger partial charge in [0.15, 0.2) is 0 Å². The van der Waals surface area contributed by atoms with Crippen LogP contribution in [0.3, 0.4) is 0 Å². The Bertz CT molecular complexity index is 1570. The van der Waals surface area contributed by atoms with Crippen molar-refractivity contribution < 1.29 is 14.3 Å². The second kappa shape index (κ2) is 8.63. The number of carbonyl (C=O) groups excluding carboxylic acids is 1. The van der Waals surface area contributed by atoms with E-state index in [2.05, 4.69) is 54.1 Å². The zero-order chi connectivity index (χ0) is 25.3. The summed E-state index contributed by atoms with van der Waals surface area (Å²) < 4.78 is 14.2. The number of nitrogens with zero attached hydrogens (tertiary/aromatic N) is 1. The summed E-state index contributed by atoms with van der Waals surface area (Å²) in [4.78, 5) is 13.4. The molecule has 1 N–H and O–H groups in total. The van der Waals surface area contributed by atoms with E-state index in [0.29, 0.717) is 12.5 Å². The number of rotatable bonds is 4. The van der Waals surface area contributed by atoms with Crippen molar-refractivity contribution in [3.05, 3.63) is 64.2 Å². The summed E-state index contributed by atoms with van der Waals surface area (Å²) in [6.07, 6.45) is 5.45. The molecule has 3 aromatic carbocycles. The zero-order valence-electron chi connectivity index (χ0n) is 21.9. The van der Waals surface area contributed by atoms with Gasteiger partial charge >= 0.3 is 0 Å². The predicted molar refractivity (Wildman–Crippen MR) is 147 cm³/mol. The Kier molecular flexibility index (Phi) is 5.33. The van der Waals surface area contributed by atoms with Crippen LogP contribution < -0.4 is 10.1 Å². The lowest BCUT2D eigenvalue weighted by atomic mass is 9.80. The number of benzene rings is 3. The molecule has 2 aliphatic heterocycles. The molecule has 1 aromatic heterocycles. The third-order valence-electron chi connectivity index (χ3n) is 8.51. The maximum Gasteiger partial charge on any atom is 0.252 e. The first-order valence-corrected chi connectivity index (χ1v) is 13.8. The number of hydrogen-bond donors (Lipinski definition) is 1. The lowest BCUT2D eigenvalue weighted by molar-refractivity contribution is 0.0150. The first-order chi connectivity index (χ1) is 18.0. The van der Waals surface area contributed by atoms with Gasteiger partial charge in [-0.15, -0.1) is 0 Å². The molecule has 1 aliphatic carbocycles. The molecule has 0 bridgehead atoms. The molecule has 7 rings (SSSR count). The molecule has 1 fully saturated rings. The quantitative estimate of drug-likeness (QED) is 0.343. The van der Waals surface area contributed by atoms with E-state index in [0.717, 1.165) is 61.3 Å². The molecule has 37 heavy (non-hydrogen) atoms. The van der Waals surface area contributed by atoms with Crippen molar-refractivity contribution in [2.75, 3.05) is 13.7 Å². The lowest BCUT2D eigenvalue weighted by Crippen LogP contribution is -2.16. The van der Waals surface area contributed by atoms with E-state index in [-0.39, 0.29) is 12.0 Å². The second-order valence-electron chi connectivity index (χ2n) is 11.3. The predicted octanol–water partition coefficient (Wildman–Crippen LogP) is 6.71. The molecule has 1 atom stereocenters. The Balaban J connectivity index is 1.57. The molecule has 1 saturated heterocycles. The van der Waals surface area contributed by atoms with E-state index in [1.165, 1.54) is 50.5 Å². The molecule has 0 radical (unpaired) electrons. The molecular weight excluding hydrogens is 460 g/mol. The van der Waals surface area contributed by atoms with E-state index in [4.69, 9.17) is 9.47 Å². The third kappa shape index (κ3) is 3.43. The van der Waals surface area contributed by atoms with Gasteiger partial charge in [0.05, 0.1) is 24.3 Å². The molecule has 3 aliphatic rings. The molecule has 4 aromatic rings. The van der Waals surface area contributed by atoms with Crippen molar-refractivity contribution in [1.29, 1.82) is 0 Å². The monoisotopic (exact) mass is 494 g/mol. The number of nitrogens with one attached hydrogen (secondary N) is 1. The third-order valence-corrected chi connectivity index (χ3v) is 8.51. The van der Waals surface area contributed by atoms with Crippen LogP contribution in [-0.2, 0) is 30.7 Å². The Morgan fingerprint density at radius 2 is 1.97 bits per heavy atom. The van der Waals surface area contributed by atoms with Crippen molar-refractivity contribution in [2.45, 2.75) is 65.1 Å². The van der Waals surface area contributed by atoms with Crippen molar-refractivity contribution >= 4 is 27.7 Å². The van der Waals surface area contributed by atoms with E-state index in [1.807, 2.05) is 6.07 Å². The Hall–Kier alpha value is -3.31. The molecular formula is C32H34N2O3. The number of ether oxygens (including phenoxy) is 2. The summed E-state index contributed by atoms with van der Waals surface area (Å²) in [5, 5.41) is 5.70. The molecule has 5 heteroatoms. The summed E-state index contributed by atoms with van der Waals surface area (Å²) in [6, 6.07) is 13.3. The summed E-state index contributed by atoms with van der Waals surface area (Å²) >= 11 is 0. The molecule has 5 nitrogen and oxygen atoms in total. The topological polar surface area (TPSA) is 52.5 Å². The van der Waals surface area contributed by atoms with Gasteiger partial charge in [0, 0.05) is 41.5 Å². The smallest absolute Gasteiger partial charge is 0.252 e. The Labute approximate surface area is 217 Å². The highest BCUT2D eigenvalue weighted by atomic mass is 16.5. The van der Waals surface area contributed by atoms with Crippen molar-refractivity contribution in [2.24, 2.45) is 5.92 Å². The lowest BCUT2D eigenvalue weighted by Gasteiger charge is -2.25. The number of carbonyl (C=O) groups is 1. The van der Waals surface area contributed by atoms with Gasteiger partial charge in [-0.05, 0) is 90.1 Å². The minimum Gasteiger partial charge on any atom is -0.497 e. The van der Waals surface area contributed by atoms with Gasteiger partial charge in [-0.1, -0.05) is 26.0 Å². The van der Waals surface area contributed by atoms with Gasteiger partial charge < -0.3 is 19.4 Å². The number of methoxy groups -OCH3 is 1. The molecule has 190 valence electrons. The summed E-state index contributed by atoms with van der Waals surface area (Å²) in [7, 11) is 1.71. The average Bonchev–Trinajstić information content (AvgIpc) is 3.46. The highest BCUT2D eigenvalue weighted by Crippen LogP contribution is 2.48. The molecule has 3 heterocycles. The van der Waals surface area contributed by atoms with Crippen LogP contribution in [0.4, 0.5) is 0 Å². The van der Waals surface area contributed by atoms with E-state index in [1.54, 1.807) is 7.11 Å². The molecule has 0 spiro atoms. The SMILES string of the molecule is COc1ccc2c(c1)CCc1c-2c2c(c3c4cc(C5CCCCO5)ccc4n(CC(C)C)c13)CNC2=O. The van der Waals surface area contributed by atoms with Crippen LogP contribution in [0.2, 0.25) is 0 Å². The van der Waals surface area contributed by atoms with Crippen molar-refractivity contribution in [1.82, 2.24) is 9.88 Å². The normalized spacial score (nSPS) is 18.7. The molecule has 0 saturated carbocycles. The maximum absolute atomic E-state index is 13.4. The summed E-state index contributed by atoms with van der Waals surface area (Å²) in [5.41, 5.74) is 10.7. The summed E-state index contributed by atoms with van der Waals surface area (Å²) in [5.74, 6) is 1.42. The van der Waals surface area contributed by atoms with Gasteiger partial charge in [0.2, 0.25) is 0 Å². The van der Waals surface area contributed by atoms with Crippen LogP contribution in [0.5, 0.6) is 5.75 Å². The number of aromatic nitrogens is 1. The van der Waals surface area contributed by atoms with E-state index >= 15 is 0 Å². The largest absolute Gasteiger partial charge is 0.497 e. The first kappa shape index (κ1) is 22.9. The van der Waals surface area contributed by atoms with Crippen LogP contribution in [0, 0.1) is 5.92 Å². The Morgan fingerprint density at radius 3 is 2.76 bits per heavy atom. The van der Waals surface area contributed by atoms with Crippen molar-refractivity contribution in [3.8, 4) is 16.9 Å². The maximum atomic E-state index is 13.4. The number of aryl methyl sites for hydroxylation is 2. The fraction of sp³-hybridized carbons (Fsp3) is 0.406. The highest BCUT2D eigenvalue weighted by molar-refractivity contribution is 6.19. The van der Waals surface area contributed by atoms with Crippen LogP contribution in [0.1, 0.15) is 71.8 Å². The van der Waals surface area contributed by atoms with Crippen LogP contribution in [0.25, 0.3) is 32.9 Å². The van der Waals surface area contributed by atoms with Crippen LogP contribution in [-0.4, -0.2) is 24.2 Å². The number of fused-ring (bicyclic) bond motifs is 10. The van der Waals surface area contributed by atoms with E-state index < -0.39 is 0 Å². The zero-order valence-corrected chi connectivity index (χ0v) is 21.9. The van der Waals surface area contributed by atoms with Gasteiger partial charge in [-0.25, -0.2) is 0 Å². The van der Waals surface area contributed by atoms with Crippen molar-refractivity contribution in [3.63, 3.8) is 0 Å². The standard InChI is InChI=1S/C32H34N2O3/c1-18(2)17-34-26-12-8-20(27-6-4-5-13-37-27)15-24(26)29-25-16-33-32(35)30(25)28-22-11-9-21(36-3)14-19(22)7-10-23(28)31(29)34/h8-9,11-12,14-15,18,27H,4-7,10,13,16-17H2,1-3H3,(H,33,35). The van der Waals surface area contributed by atoms with Gasteiger partial charge in [-0.2, -0.15) is 0 Å². The minimum absolute atomic E-state index is 0.0494. The minimum atomic E-state index is 0.0494. The van der Waals surface area contributed by atoms with Gasteiger partial charge in [0.1, 0.15) is 5.75 Å². The number of amides is 1. The number of hydrogen-bond acceptors (Lipinski definition) is 3. The molecule has 1 amide bonds. The second-order valence-corrected chi connectivity index (χ2v) is 11.3. The fourth-order valence-corrected chi connectivity index (χ4v) is 6.93. The van der Waals surface area contributed by atoms with Gasteiger partial charge in [0.25, 0.3) is 5.91 Å². The average molecular weight is 495 g/mol. The van der Waals surface area contributed by atoms with Crippen LogP contribution in [0.15, 0.2) is 36.4 Å². The molecule has 1 unspecified atom stereocenters. The Morgan fingerprint density at radius 1 is 1.08 bits per heavy atom. The highest BCUT2D eigenvalue weighted by Gasteiger charge is 2.34. The van der Waals surface area contributed by atoms with E-state index in [9.17, 15) is 4.79 Å². The summed E-state index contributed by atoms with van der Waals surface area (Å²) in [6.45, 7) is 6.93. The van der Waals surface area contributed by atoms with Gasteiger partial charge in [-0.3, -0.25) is 4.79 Å².